The van der Waals surface area contributed by atoms with E-state index in [2.05, 4.69) is 57.4 Å². The molecule has 7 heteroatoms. The van der Waals surface area contributed by atoms with E-state index in [0.717, 1.165) is 74.7 Å². The number of carbonyl (C=O) groups excluding carboxylic acids is 1. The van der Waals surface area contributed by atoms with Crippen LogP contribution in [0.15, 0.2) is 66.7 Å². The number of aromatic nitrogens is 2. The van der Waals surface area contributed by atoms with Gasteiger partial charge in [0.05, 0.1) is 23.5 Å². The van der Waals surface area contributed by atoms with Crippen LogP contribution in [0.3, 0.4) is 0 Å². The summed E-state index contributed by atoms with van der Waals surface area (Å²) in [7, 11) is 0. The SMILES string of the molecule is Cc1cccc(C)c1N1CCN(C(=O)[C@@H]2CCCN(Cc3nc4ccccc4n3-c3ccc(F)cc3)C2)CC1. The third-order valence-electron chi connectivity index (χ3n) is 8.28. The largest absolute Gasteiger partial charge is 0.368 e. The lowest BCUT2D eigenvalue weighted by molar-refractivity contribution is -0.137. The van der Waals surface area contributed by atoms with E-state index in [4.69, 9.17) is 4.98 Å². The number of imidazole rings is 1. The molecule has 39 heavy (non-hydrogen) atoms. The number of aryl methyl sites for hydroxylation is 2. The van der Waals surface area contributed by atoms with E-state index in [-0.39, 0.29) is 17.6 Å². The molecule has 1 atom stereocenters. The second kappa shape index (κ2) is 10.8. The quantitative estimate of drug-likeness (QED) is 0.353. The summed E-state index contributed by atoms with van der Waals surface area (Å²) in [6, 6.07) is 21.1. The number of rotatable bonds is 5. The summed E-state index contributed by atoms with van der Waals surface area (Å²) >= 11 is 0. The van der Waals surface area contributed by atoms with Crippen LogP contribution in [0.2, 0.25) is 0 Å². The van der Waals surface area contributed by atoms with Gasteiger partial charge in [0.15, 0.2) is 0 Å². The minimum absolute atomic E-state index is 0.00847. The third kappa shape index (κ3) is 5.15. The molecule has 3 heterocycles. The van der Waals surface area contributed by atoms with Gasteiger partial charge in [-0.3, -0.25) is 14.3 Å². The first-order valence-corrected chi connectivity index (χ1v) is 14.0. The number of benzene rings is 3. The van der Waals surface area contributed by atoms with Gasteiger partial charge in [0.25, 0.3) is 0 Å². The van der Waals surface area contributed by atoms with Crippen molar-refractivity contribution in [2.75, 3.05) is 44.2 Å². The van der Waals surface area contributed by atoms with E-state index in [0.29, 0.717) is 6.54 Å². The predicted octanol–water partition coefficient (Wildman–Crippen LogP) is 5.34. The number of halogens is 1. The predicted molar refractivity (Wildman–Crippen MR) is 154 cm³/mol. The van der Waals surface area contributed by atoms with Crippen molar-refractivity contribution in [2.45, 2.75) is 33.2 Å². The van der Waals surface area contributed by atoms with Gasteiger partial charge < -0.3 is 9.80 Å². The van der Waals surface area contributed by atoms with E-state index < -0.39 is 0 Å². The van der Waals surface area contributed by atoms with Crippen LogP contribution in [0.4, 0.5) is 10.1 Å². The first-order chi connectivity index (χ1) is 19.0. The van der Waals surface area contributed by atoms with Gasteiger partial charge in [-0.25, -0.2) is 9.37 Å². The molecule has 2 saturated heterocycles. The molecule has 3 aromatic carbocycles. The molecule has 0 unspecified atom stereocenters. The van der Waals surface area contributed by atoms with Gasteiger partial charge in [-0.2, -0.15) is 0 Å². The maximum atomic E-state index is 13.7. The molecule has 0 bridgehead atoms. The number of carbonyl (C=O) groups is 1. The number of amides is 1. The first kappa shape index (κ1) is 25.6. The molecule has 0 aliphatic carbocycles. The molecular formula is C32H36FN5O. The molecule has 202 valence electrons. The van der Waals surface area contributed by atoms with Gasteiger partial charge in [-0.15, -0.1) is 0 Å². The van der Waals surface area contributed by atoms with E-state index in [1.165, 1.54) is 28.9 Å². The Morgan fingerprint density at radius 2 is 1.62 bits per heavy atom. The number of piperidine rings is 1. The second-order valence-corrected chi connectivity index (χ2v) is 11.0. The van der Waals surface area contributed by atoms with E-state index >= 15 is 0 Å². The highest BCUT2D eigenvalue weighted by molar-refractivity contribution is 5.80. The topological polar surface area (TPSA) is 44.6 Å². The summed E-state index contributed by atoms with van der Waals surface area (Å²) in [5.41, 5.74) is 6.73. The Morgan fingerprint density at radius 1 is 0.897 bits per heavy atom. The van der Waals surface area contributed by atoms with Crippen molar-refractivity contribution < 1.29 is 9.18 Å². The van der Waals surface area contributed by atoms with Crippen molar-refractivity contribution in [3.05, 3.63) is 89.5 Å². The summed E-state index contributed by atoms with van der Waals surface area (Å²) in [6.07, 6.45) is 1.93. The third-order valence-corrected chi connectivity index (χ3v) is 8.28. The van der Waals surface area contributed by atoms with E-state index in [1.807, 2.05) is 18.2 Å². The van der Waals surface area contributed by atoms with Crippen LogP contribution in [0, 0.1) is 25.6 Å². The maximum absolute atomic E-state index is 13.7. The lowest BCUT2D eigenvalue weighted by Gasteiger charge is -2.40. The monoisotopic (exact) mass is 525 g/mol. The fourth-order valence-corrected chi connectivity index (χ4v) is 6.37. The molecule has 2 aliphatic heterocycles. The number of para-hydroxylation sites is 3. The van der Waals surface area contributed by atoms with E-state index in [1.54, 1.807) is 12.1 Å². The Hall–Kier alpha value is -3.71. The molecule has 0 saturated carbocycles. The molecule has 1 aromatic heterocycles. The standard InChI is InChI=1S/C32H36FN5O/c1-23-7-5-8-24(2)31(23)36-17-19-37(20-18-36)32(39)25-9-6-16-35(21-25)22-30-34-28-10-3-4-11-29(28)38(30)27-14-12-26(33)13-15-27/h3-5,7-8,10-15,25H,6,9,16-22H2,1-2H3/t25-/m1/s1. The Bertz CT molecular complexity index is 1450. The second-order valence-electron chi connectivity index (χ2n) is 11.0. The smallest absolute Gasteiger partial charge is 0.227 e. The molecule has 0 radical (unpaired) electrons. The van der Waals surface area contributed by atoms with E-state index in [9.17, 15) is 9.18 Å². The van der Waals surface area contributed by atoms with Crippen molar-refractivity contribution >= 4 is 22.6 Å². The highest BCUT2D eigenvalue weighted by Gasteiger charge is 2.32. The molecule has 0 spiro atoms. The lowest BCUT2D eigenvalue weighted by atomic mass is 9.96. The van der Waals surface area contributed by atoms with Crippen molar-refractivity contribution in [3.8, 4) is 5.69 Å². The fraction of sp³-hybridized carbons (Fsp3) is 0.375. The molecule has 4 aromatic rings. The first-order valence-electron chi connectivity index (χ1n) is 14.0. The number of fused-ring (bicyclic) bond motifs is 1. The Balaban J connectivity index is 1.14. The molecular weight excluding hydrogens is 489 g/mol. The van der Waals surface area contributed by atoms with Crippen molar-refractivity contribution in [1.82, 2.24) is 19.4 Å². The zero-order valence-electron chi connectivity index (χ0n) is 22.8. The Kier molecular flexibility index (Phi) is 7.09. The molecule has 0 N–H and O–H groups in total. The van der Waals surface area contributed by atoms with Crippen LogP contribution < -0.4 is 4.90 Å². The van der Waals surface area contributed by atoms with Gasteiger partial charge in [-0.1, -0.05) is 30.3 Å². The van der Waals surface area contributed by atoms with Crippen molar-refractivity contribution in [2.24, 2.45) is 5.92 Å². The van der Waals surface area contributed by atoms with Crippen LogP contribution in [0.5, 0.6) is 0 Å². The van der Waals surface area contributed by atoms with Gasteiger partial charge >= 0.3 is 0 Å². The number of anilines is 1. The number of piperazine rings is 1. The zero-order valence-corrected chi connectivity index (χ0v) is 22.8. The highest BCUT2D eigenvalue weighted by Crippen LogP contribution is 2.28. The van der Waals surface area contributed by atoms with Crippen LogP contribution in [0.1, 0.15) is 29.8 Å². The van der Waals surface area contributed by atoms with Gasteiger partial charge in [-0.05, 0) is 80.8 Å². The molecule has 1 amide bonds. The van der Waals surface area contributed by atoms with Gasteiger partial charge in [0.2, 0.25) is 5.91 Å². The average Bonchev–Trinajstić information content (AvgIpc) is 3.31. The Labute approximate surface area is 229 Å². The summed E-state index contributed by atoms with van der Waals surface area (Å²) in [5.74, 6) is 0.956. The van der Waals surface area contributed by atoms with Crippen LogP contribution in [-0.4, -0.2) is 64.5 Å². The van der Waals surface area contributed by atoms with Crippen LogP contribution in [0.25, 0.3) is 16.7 Å². The number of hydrogen-bond donors (Lipinski definition) is 0. The number of nitrogens with zero attached hydrogens (tertiary/aromatic N) is 5. The van der Waals surface area contributed by atoms with Gasteiger partial charge in [0, 0.05) is 44.1 Å². The minimum atomic E-state index is -0.253. The fourth-order valence-electron chi connectivity index (χ4n) is 6.37. The van der Waals surface area contributed by atoms with Crippen LogP contribution >= 0.6 is 0 Å². The molecule has 2 fully saturated rings. The van der Waals surface area contributed by atoms with Gasteiger partial charge in [0.1, 0.15) is 11.6 Å². The highest BCUT2D eigenvalue weighted by atomic mass is 19.1. The van der Waals surface area contributed by atoms with Crippen molar-refractivity contribution in [1.29, 1.82) is 0 Å². The summed E-state index contributed by atoms with van der Waals surface area (Å²) in [5, 5.41) is 0. The van der Waals surface area contributed by atoms with Crippen molar-refractivity contribution in [3.63, 3.8) is 0 Å². The molecule has 2 aliphatic rings. The molecule has 6 rings (SSSR count). The summed E-state index contributed by atoms with van der Waals surface area (Å²) in [4.78, 5) is 25.4. The Morgan fingerprint density at radius 3 is 2.36 bits per heavy atom. The average molecular weight is 526 g/mol. The van der Waals surface area contributed by atoms with Crippen LogP contribution in [-0.2, 0) is 11.3 Å². The molecule has 6 nitrogen and oxygen atoms in total. The number of hydrogen-bond acceptors (Lipinski definition) is 4. The lowest BCUT2D eigenvalue weighted by Crippen LogP contribution is -2.52. The number of likely N-dealkylation sites (tertiary alicyclic amines) is 1. The normalized spacial score (nSPS) is 18.6. The minimum Gasteiger partial charge on any atom is -0.368 e. The summed E-state index contributed by atoms with van der Waals surface area (Å²) < 4.78 is 15.8. The summed E-state index contributed by atoms with van der Waals surface area (Å²) in [6.45, 7) is 9.94. The zero-order chi connectivity index (χ0) is 26.9. The maximum Gasteiger partial charge on any atom is 0.227 e.